The molecule has 1 amide bonds. The number of hydroxylamine groups is 1. The summed E-state index contributed by atoms with van der Waals surface area (Å²) in [6, 6.07) is 6.47. The van der Waals surface area contributed by atoms with Crippen molar-refractivity contribution in [3.05, 3.63) is 34.9 Å². The van der Waals surface area contributed by atoms with Crippen LogP contribution in [0.4, 0.5) is 0 Å². The number of nitrogens with one attached hydrogen (secondary N) is 1. The van der Waals surface area contributed by atoms with Gasteiger partial charge in [0.1, 0.15) is 0 Å². The highest BCUT2D eigenvalue weighted by atomic mass is 35.5. The molecule has 0 fully saturated rings. The van der Waals surface area contributed by atoms with Crippen molar-refractivity contribution in [2.75, 3.05) is 0 Å². The van der Waals surface area contributed by atoms with Gasteiger partial charge in [0.2, 0.25) is 0 Å². The molecule has 0 atom stereocenters. The highest BCUT2D eigenvalue weighted by Gasteiger charge is 2.06. The third-order valence-electron chi connectivity index (χ3n) is 1.22. The maximum atomic E-state index is 10.8. The average Bonchev–Trinajstić information content (AvgIpc) is 2.04. The van der Waals surface area contributed by atoms with E-state index in [0.29, 0.717) is 5.02 Å². The van der Waals surface area contributed by atoms with Gasteiger partial charge in [-0.2, -0.15) is 0 Å². The zero-order valence-corrected chi connectivity index (χ0v) is 6.30. The molecule has 0 unspecified atom stereocenters. The highest BCUT2D eigenvalue weighted by Crippen LogP contribution is 2.13. The Morgan fingerprint density at radius 2 is 2.09 bits per heavy atom. The topological polar surface area (TPSA) is 49.3 Å². The Labute approximate surface area is 68.6 Å². The van der Waals surface area contributed by atoms with E-state index in [1.165, 1.54) is 11.5 Å². The van der Waals surface area contributed by atoms with Crippen LogP contribution in [0.3, 0.4) is 0 Å². The van der Waals surface area contributed by atoms with Crippen LogP contribution in [-0.4, -0.2) is 11.1 Å². The van der Waals surface area contributed by atoms with Crippen LogP contribution >= 0.6 is 11.6 Å². The minimum Gasteiger partial charge on any atom is -0.288 e. The van der Waals surface area contributed by atoms with E-state index in [1.54, 1.807) is 18.2 Å². The molecule has 3 nitrogen and oxygen atoms in total. The van der Waals surface area contributed by atoms with Crippen LogP contribution in [0.25, 0.3) is 0 Å². The number of hydrogen-bond acceptors (Lipinski definition) is 2. The summed E-state index contributed by atoms with van der Waals surface area (Å²) in [5.41, 5.74) is 1.76. The number of carbonyl (C=O) groups excluding carboxylic acids is 1. The molecule has 0 bridgehead atoms. The second-order valence-corrected chi connectivity index (χ2v) is 2.33. The fourth-order valence-electron chi connectivity index (χ4n) is 0.706. The van der Waals surface area contributed by atoms with E-state index in [0.717, 1.165) is 0 Å². The molecule has 0 radical (unpaired) electrons. The Morgan fingerprint density at radius 1 is 1.45 bits per heavy atom. The second kappa shape index (κ2) is 3.37. The van der Waals surface area contributed by atoms with Crippen molar-refractivity contribution < 1.29 is 10.0 Å². The Balaban J connectivity index is 3.03. The largest absolute Gasteiger partial charge is 0.288 e. The molecule has 2 N–H and O–H groups in total. The van der Waals surface area contributed by atoms with Gasteiger partial charge in [0.15, 0.2) is 0 Å². The molecule has 0 aliphatic carbocycles. The van der Waals surface area contributed by atoms with Gasteiger partial charge in [-0.3, -0.25) is 10.0 Å². The molecule has 0 aliphatic rings. The molecule has 1 rings (SSSR count). The van der Waals surface area contributed by atoms with Gasteiger partial charge in [0.05, 0.1) is 10.6 Å². The molecule has 0 aliphatic heterocycles. The summed E-state index contributed by atoms with van der Waals surface area (Å²) in [6.07, 6.45) is 0. The van der Waals surface area contributed by atoms with Crippen LogP contribution in [0, 0.1) is 0 Å². The van der Waals surface area contributed by atoms with Crippen molar-refractivity contribution >= 4 is 17.5 Å². The molecule has 0 spiro atoms. The van der Waals surface area contributed by atoms with E-state index in [4.69, 9.17) is 16.8 Å². The Bertz CT molecular complexity index is 275. The zero-order chi connectivity index (χ0) is 8.27. The van der Waals surface area contributed by atoms with Crippen LogP contribution in [0.2, 0.25) is 5.02 Å². The van der Waals surface area contributed by atoms with Gasteiger partial charge < -0.3 is 0 Å². The summed E-state index contributed by atoms with van der Waals surface area (Å²) in [5, 5.41) is 8.57. The van der Waals surface area contributed by atoms with Crippen molar-refractivity contribution in [3.63, 3.8) is 0 Å². The standard InChI is InChI=1S/C7H6ClNO2/c8-6-4-2-1-3-5(6)7(10)9-11/h1-4,11H,(H,9,10). The first-order valence-electron chi connectivity index (χ1n) is 2.94. The smallest absolute Gasteiger partial charge is 0.276 e. The molecular weight excluding hydrogens is 166 g/mol. The number of hydrogen-bond donors (Lipinski definition) is 2. The molecule has 1 aromatic carbocycles. The van der Waals surface area contributed by atoms with E-state index in [-0.39, 0.29) is 5.56 Å². The summed E-state index contributed by atoms with van der Waals surface area (Å²) in [4.78, 5) is 10.8. The van der Waals surface area contributed by atoms with Gasteiger partial charge in [-0.1, -0.05) is 23.7 Å². The fourth-order valence-corrected chi connectivity index (χ4v) is 0.927. The summed E-state index contributed by atoms with van der Waals surface area (Å²) in [7, 11) is 0. The maximum absolute atomic E-state index is 10.8. The molecule has 4 heteroatoms. The lowest BCUT2D eigenvalue weighted by molar-refractivity contribution is 0.0706. The molecule has 0 saturated heterocycles. The lowest BCUT2D eigenvalue weighted by Gasteiger charge is -1.99. The lowest BCUT2D eigenvalue weighted by atomic mass is 10.2. The van der Waals surface area contributed by atoms with Gasteiger partial charge in [0.25, 0.3) is 5.91 Å². The molecule has 0 aromatic heterocycles. The number of amides is 1. The maximum Gasteiger partial charge on any atom is 0.276 e. The summed E-state index contributed by atoms with van der Waals surface area (Å²) >= 11 is 5.63. The molecule has 0 saturated carbocycles. The van der Waals surface area contributed by atoms with Gasteiger partial charge in [-0.25, -0.2) is 5.48 Å². The molecule has 11 heavy (non-hydrogen) atoms. The Kier molecular flexibility index (Phi) is 2.46. The summed E-state index contributed by atoms with van der Waals surface area (Å²) in [5.74, 6) is -0.601. The highest BCUT2D eigenvalue weighted by molar-refractivity contribution is 6.33. The number of rotatable bonds is 1. The van der Waals surface area contributed by atoms with Crippen LogP contribution in [0.15, 0.2) is 24.3 Å². The Hall–Kier alpha value is -1.06. The normalized spacial score (nSPS) is 9.27. The fraction of sp³-hybridized carbons (Fsp3) is 0. The number of carbonyl (C=O) groups is 1. The number of benzene rings is 1. The van der Waals surface area contributed by atoms with E-state index >= 15 is 0 Å². The minimum absolute atomic E-state index is 0.261. The van der Waals surface area contributed by atoms with Crippen LogP contribution < -0.4 is 5.48 Å². The first-order chi connectivity index (χ1) is 5.25. The van der Waals surface area contributed by atoms with Gasteiger partial charge >= 0.3 is 0 Å². The SMILES string of the molecule is O=C(NO)c1ccccc1Cl. The quantitative estimate of drug-likeness (QED) is 0.497. The predicted octanol–water partition coefficient (Wildman–Crippen LogP) is 1.46. The molecule has 0 heterocycles. The van der Waals surface area contributed by atoms with E-state index in [2.05, 4.69) is 0 Å². The van der Waals surface area contributed by atoms with E-state index < -0.39 is 5.91 Å². The van der Waals surface area contributed by atoms with Crippen LogP contribution in [-0.2, 0) is 0 Å². The number of halogens is 1. The first kappa shape index (κ1) is 8.04. The minimum atomic E-state index is -0.601. The summed E-state index contributed by atoms with van der Waals surface area (Å²) in [6.45, 7) is 0. The van der Waals surface area contributed by atoms with Crippen molar-refractivity contribution in [3.8, 4) is 0 Å². The Morgan fingerprint density at radius 3 is 2.64 bits per heavy atom. The predicted molar refractivity (Wildman–Crippen MR) is 40.7 cm³/mol. The monoisotopic (exact) mass is 171 g/mol. The summed E-state index contributed by atoms with van der Waals surface area (Å²) < 4.78 is 0. The van der Waals surface area contributed by atoms with Crippen LogP contribution in [0.5, 0.6) is 0 Å². The second-order valence-electron chi connectivity index (χ2n) is 1.92. The van der Waals surface area contributed by atoms with Gasteiger partial charge in [-0.15, -0.1) is 0 Å². The van der Waals surface area contributed by atoms with E-state index in [9.17, 15) is 4.79 Å². The average molecular weight is 172 g/mol. The lowest BCUT2D eigenvalue weighted by Crippen LogP contribution is -2.18. The van der Waals surface area contributed by atoms with Gasteiger partial charge in [0, 0.05) is 0 Å². The first-order valence-corrected chi connectivity index (χ1v) is 3.32. The molecular formula is C7H6ClNO2. The van der Waals surface area contributed by atoms with Crippen molar-refractivity contribution in [1.29, 1.82) is 0 Å². The third-order valence-corrected chi connectivity index (χ3v) is 1.55. The zero-order valence-electron chi connectivity index (χ0n) is 5.54. The van der Waals surface area contributed by atoms with Crippen LogP contribution in [0.1, 0.15) is 10.4 Å². The van der Waals surface area contributed by atoms with Gasteiger partial charge in [-0.05, 0) is 12.1 Å². The van der Waals surface area contributed by atoms with Crippen molar-refractivity contribution in [1.82, 2.24) is 5.48 Å². The molecule has 1 aromatic rings. The van der Waals surface area contributed by atoms with Crippen molar-refractivity contribution in [2.24, 2.45) is 0 Å². The van der Waals surface area contributed by atoms with E-state index in [1.807, 2.05) is 0 Å². The van der Waals surface area contributed by atoms with Crippen molar-refractivity contribution in [2.45, 2.75) is 0 Å². The molecule has 58 valence electrons. The third kappa shape index (κ3) is 1.69.